The summed E-state index contributed by atoms with van der Waals surface area (Å²) in [5.74, 6) is 0.568. The summed E-state index contributed by atoms with van der Waals surface area (Å²) in [6, 6.07) is 6.95. The van der Waals surface area contributed by atoms with E-state index in [-0.39, 0.29) is 24.8 Å². The van der Waals surface area contributed by atoms with E-state index in [0.717, 1.165) is 0 Å². The highest BCUT2D eigenvalue weighted by Crippen LogP contribution is 2.29. The molecule has 0 fully saturated rings. The van der Waals surface area contributed by atoms with Gasteiger partial charge >= 0.3 is 0 Å². The average Bonchev–Trinajstić information content (AvgIpc) is 2.65. The Morgan fingerprint density at radius 2 is 1.87 bits per heavy atom. The molecule has 0 saturated carbocycles. The minimum absolute atomic E-state index is 0.0136. The van der Waals surface area contributed by atoms with Crippen molar-refractivity contribution in [1.29, 1.82) is 0 Å². The Morgan fingerprint density at radius 3 is 2.52 bits per heavy atom. The van der Waals surface area contributed by atoms with Crippen LogP contribution in [0.1, 0.15) is 22.8 Å². The molecule has 0 unspecified atom stereocenters. The van der Waals surface area contributed by atoms with E-state index in [9.17, 15) is 9.59 Å². The first-order valence-electron chi connectivity index (χ1n) is 7.09. The molecule has 0 saturated heterocycles. The second-order valence-corrected chi connectivity index (χ2v) is 5.76. The summed E-state index contributed by atoms with van der Waals surface area (Å²) in [5, 5.41) is 0.335. The predicted molar refractivity (Wildman–Crippen MR) is 87.9 cm³/mol. The maximum atomic E-state index is 12.5. The number of ketones is 1. The van der Waals surface area contributed by atoms with Crippen LogP contribution >= 0.6 is 11.6 Å². The van der Waals surface area contributed by atoms with E-state index in [4.69, 9.17) is 11.6 Å². The fourth-order valence-corrected chi connectivity index (χ4v) is 2.76. The van der Waals surface area contributed by atoms with Crippen molar-refractivity contribution < 1.29 is 9.59 Å². The Bertz CT molecular complexity index is 776. The number of aromatic nitrogens is 2. The first kappa shape index (κ1) is 15.4. The van der Waals surface area contributed by atoms with Crippen molar-refractivity contribution >= 4 is 34.8 Å². The van der Waals surface area contributed by atoms with Crippen LogP contribution < -0.4 is 9.80 Å². The van der Waals surface area contributed by atoms with Crippen molar-refractivity contribution in [2.45, 2.75) is 13.5 Å². The summed E-state index contributed by atoms with van der Waals surface area (Å²) in [6.07, 6.45) is 1.39. The zero-order valence-electron chi connectivity index (χ0n) is 12.8. The van der Waals surface area contributed by atoms with Crippen LogP contribution in [0.15, 0.2) is 30.6 Å². The summed E-state index contributed by atoms with van der Waals surface area (Å²) in [5.41, 5.74) is 2.02. The lowest BCUT2D eigenvalue weighted by Gasteiger charge is -2.21. The third-order valence-electron chi connectivity index (χ3n) is 3.81. The SMILES string of the molecule is CC(=O)c1ccc(N2Cc3c(Cl)ncnc3N(C)CC2=O)cc1. The number of carbonyl (C=O) groups is 2. The van der Waals surface area contributed by atoms with Gasteiger partial charge in [0.1, 0.15) is 17.3 Å². The number of hydrogen-bond acceptors (Lipinski definition) is 5. The van der Waals surface area contributed by atoms with Gasteiger partial charge in [-0.2, -0.15) is 0 Å². The van der Waals surface area contributed by atoms with Crippen molar-refractivity contribution in [3.8, 4) is 0 Å². The van der Waals surface area contributed by atoms with Gasteiger partial charge in [-0.25, -0.2) is 9.97 Å². The number of hydrogen-bond donors (Lipinski definition) is 0. The van der Waals surface area contributed by atoms with Gasteiger partial charge in [0, 0.05) is 18.3 Å². The molecule has 0 bridgehead atoms. The van der Waals surface area contributed by atoms with Gasteiger partial charge < -0.3 is 9.80 Å². The van der Waals surface area contributed by atoms with Crippen LogP contribution in [0.4, 0.5) is 11.5 Å². The Kier molecular flexibility index (Phi) is 4.00. The molecule has 23 heavy (non-hydrogen) atoms. The quantitative estimate of drug-likeness (QED) is 0.624. The Hall–Kier alpha value is -2.47. The van der Waals surface area contributed by atoms with Crippen LogP contribution in [0.2, 0.25) is 5.15 Å². The Labute approximate surface area is 138 Å². The number of anilines is 2. The molecule has 1 amide bonds. The second-order valence-electron chi connectivity index (χ2n) is 5.41. The maximum Gasteiger partial charge on any atom is 0.246 e. The van der Waals surface area contributed by atoms with E-state index >= 15 is 0 Å². The van der Waals surface area contributed by atoms with Gasteiger partial charge in [-0.05, 0) is 31.2 Å². The van der Waals surface area contributed by atoms with Crippen molar-refractivity contribution in [2.75, 3.05) is 23.4 Å². The number of rotatable bonds is 2. The molecule has 0 radical (unpaired) electrons. The predicted octanol–water partition coefficient (Wildman–Crippen LogP) is 2.32. The summed E-state index contributed by atoms with van der Waals surface area (Å²) in [4.78, 5) is 35.5. The standard InChI is InChI=1S/C16H15ClN4O2/c1-10(22)11-3-5-12(6-4-11)21-7-13-15(17)18-9-19-16(13)20(2)8-14(21)23/h3-6,9H,7-8H2,1-2H3. The topological polar surface area (TPSA) is 66.4 Å². The van der Waals surface area contributed by atoms with Gasteiger partial charge in [0.25, 0.3) is 0 Å². The third kappa shape index (κ3) is 2.90. The van der Waals surface area contributed by atoms with Gasteiger partial charge in [-0.15, -0.1) is 0 Å². The molecule has 0 N–H and O–H groups in total. The minimum atomic E-state index is -0.0721. The molecular weight excluding hydrogens is 316 g/mol. The molecule has 0 aliphatic carbocycles. The molecule has 1 aromatic carbocycles. The molecule has 0 spiro atoms. The largest absolute Gasteiger partial charge is 0.350 e. The van der Waals surface area contributed by atoms with Crippen LogP contribution in [0.3, 0.4) is 0 Å². The number of amides is 1. The number of fused-ring (bicyclic) bond motifs is 1. The Balaban J connectivity index is 2.01. The monoisotopic (exact) mass is 330 g/mol. The molecule has 2 heterocycles. The lowest BCUT2D eigenvalue weighted by atomic mass is 10.1. The van der Waals surface area contributed by atoms with Crippen molar-refractivity contribution in [1.82, 2.24) is 9.97 Å². The molecule has 1 aliphatic rings. The van der Waals surface area contributed by atoms with Crippen molar-refractivity contribution in [3.05, 3.63) is 46.9 Å². The molecule has 6 nitrogen and oxygen atoms in total. The highest BCUT2D eigenvalue weighted by atomic mass is 35.5. The number of Topliss-reactive ketones (excluding diaryl/α,β-unsaturated/α-hetero) is 1. The number of benzene rings is 1. The highest BCUT2D eigenvalue weighted by Gasteiger charge is 2.27. The van der Waals surface area contributed by atoms with Crippen molar-refractivity contribution in [3.63, 3.8) is 0 Å². The number of likely N-dealkylation sites (N-methyl/N-ethyl adjacent to an activating group) is 1. The number of carbonyl (C=O) groups excluding carboxylic acids is 2. The first-order chi connectivity index (χ1) is 11.0. The van der Waals surface area contributed by atoms with Crippen LogP contribution in [0, 0.1) is 0 Å². The number of nitrogens with zero attached hydrogens (tertiary/aromatic N) is 4. The zero-order valence-corrected chi connectivity index (χ0v) is 13.5. The highest BCUT2D eigenvalue weighted by molar-refractivity contribution is 6.30. The van der Waals surface area contributed by atoms with Crippen molar-refractivity contribution in [2.24, 2.45) is 0 Å². The van der Waals surface area contributed by atoms with Crippen LogP contribution in [0.25, 0.3) is 0 Å². The molecule has 3 rings (SSSR count). The third-order valence-corrected chi connectivity index (χ3v) is 4.13. The molecule has 2 aromatic rings. The van der Waals surface area contributed by atoms with E-state index < -0.39 is 0 Å². The van der Waals surface area contributed by atoms with E-state index in [2.05, 4.69) is 9.97 Å². The van der Waals surface area contributed by atoms with Gasteiger partial charge in [-0.1, -0.05) is 11.6 Å². The van der Waals surface area contributed by atoms with E-state index in [1.807, 2.05) is 0 Å². The zero-order chi connectivity index (χ0) is 16.6. The van der Waals surface area contributed by atoms with Gasteiger partial charge in [0.15, 0.2) is 5.78 Å². The fourth-order valence-electron chi connectivity index (χ4n) is 2.57. The van der Waals surface area contributed by atoms with Gasteiger partial charge in [-0.3, -0.25) is 9.59 Å². The van der Waals surface area contributed by atoms with Gasteiger partial charge in [0.2, 0.25) is 5.91 Å². The molecule has 1 aliphatic heterocycles. The van der Waals surface area contributed by atoms with E-state index in [1.54, 1.807) is 41.1 Å². The van der Waals surface area contributed by atoms with Crippen LogP contribution in [-0.4, -0.2) is 35.3 Å². The maximum absolute atomic E-state index is 12.5. The summed E-state index contributed by atoms with van der Waals surface area (Å²) < 4.78 is 0. The number of halogens is 1. The molecular formula is C16H15ClN4O2. The first-order valence-corrected chi connectivity index (χ1v) is 7.47. The smallest absolute Gasteiger partial charge is 0.246 e. The minimum Gasteiger partial charge on any atom is -0.350 e. The van der Waals surface area contributed by atoms with Crippen LogP contribution in [0.5, 0.6) is 0 Å². The summed E-state index contributed by atoms with van der Waals surface area (Å²) in [6.45, 7) is 1.99. The fraction of sp³-hybridized carbons (Fsp3) is 0.250. The second kappa shape index (κ2) is 5.96. The average molecular weight is 331 g/mol. The van der Waals surface area contributed by atoms with Crippen LogP contribution in [-0.2, 0) is 11.3 Å². The summed E-state index contributed by atoms with van der Waals surface area (Å²) in [7, 11) is 1.79. The van der Waals surface area contributed by atoms with E-state index in [1.165, 1.54) is 13.3 Å². The molecule has 7 heteroatoms. The Morgan fingerprint density at radius 1 is 1.17 bits per heavy atom. The molecule has 1 aromatic heterocycles. The van der Waals surface area contributed by atoms with E-state index in [0.29, 0.717) is 27.8 Å². The lowest BCUT2D eigenvalue weighted by molar-refractivity contribution is -0.117. The molecule has 0 atom stereocenters. The lowest BCUT2D eigenvalue weighted by Crippen LogP contribution is -2.35. The molecule has 118 valence electrons. The normalized spacial score (nSPS) is 14.5. The van der Waals surface area contributed by atoms with Gasteiger partial charge in [0.05, 0.1) is 18.7 Å². The summed E-state index contributed by atoms with van der Waals surface area (Å²) >= 11 is 6.19.